The van der Waals surface area contributed by atoms with Gasteiger partial charge in [0.2, 0.25) is 17.6 Å². The third kappa shape index (κ3) is 3.57. The molecule has 142 valence electrons. The smallest absolute Gasteiger partial charge is 0.326 e. The van der Waals surface area contributed by atoms with Gasteiger partial charge in [-0.15, -0.1) is 0 Å². The Bertz CT molecular complexity index is 1170. The lowest BCUT2D eigenvalue weighted by molar-refractivity contribution is -0.120. The first-order chi connectivity index (χ1) is 13.6. The van der Waals surface area contributed by atoms with Gasteiger partial charge in [-0.05, 0) is 30.7 Å². The Morgan fingerprint density at radius 1 is 1.21 bits per heavy atom. The van der Waals surface area contributed by atoms with Crippen LogP contribution in [0.15, 0.2) is 57.8 Å². The number of benzene rings is 2. The molecule has 4 rings (SSSR count). The number of nitrogens with zero attached hydrogens (tertiary/aromatic N) is 3. The molecule has 0 unspecified atom stereocenters. The van der Waals surface area contributed by atoms with Gasteiger partial charge in [0.15, 0.2) is 0 Å². The Kier molecular flexibility index (Phi) is 4.76. The van der Waals surface area contributed by atoms with Crippen molar-refractivity contribution in [2.24, 2.45) is 0 Å². The van der Waals surface area contributed by atoms with Gasteiger partial charge in [0.05, 0.1) is 24.0 Å². The number of aromatic nitrogens is 4. The van der Waals surface area contributed by atoms with Crippen LogP contribution in [0.3, 0.4) is 0 Å². The molecule has 4 aromatic rings. The molecule has 0 saturated carbocycles. The Balaban J connectivity index is 1.45. The molecule has 1 amide bonds. The SMILES string of the molecule is CCn1c(=O)[nH]c2cc(-c3noc(CNC(=O)Cc4ccccc4)n3)ccc21. The number of rotatable bonds is 6. The van der Waals surface area contributed by atoms with Crippen LogP contribution in [0.25, 0.3) is 22.4 Å². The van der Waals surface area contributed by atoms with Gasteiger partial charge in [-0.1, -0.05) is 35.5 Å². The summed E-state index contributed by atoms with van der Waals surface area (Å²) in [7, 11) is 0. The van der Waals surface area contributed by atoms with Crippen molar-refractivity contribution in [2.75, 3.05) is 0 Å². The van der Waals surface area contributed by atoms with E-state index in [4.69, 9.17) is 4.52 Å². The average Bonchev–Trinajstić information content (AvgIpc) is 3.30. The molecule has 0 fully saturated rings. The molecule has 0 aliphatic rings. The number of fused-ring (bicyclic) bond motifs is 1. The number of hydrogen-bond donors (Lipinski definition) is 2. The minimum Gasteiger partial charge on any atom is -0.347 e. The van der Waals surface area contributed by atoms with E-state index in [-0.39, 0.29) is 18.1 Å². The van der Waals surface area contributed by atoms with E-state index >= 15 is 0 Å². The van der Waals surface area contributed by atoms with Gasteiger partial charge in [0.25, 0.3) is 0 Å². The third-order valence-corrected chi connectivity index (χ3v) is 4.46. The Morgan fingerprint density at radius 2 is 2.04 bits per heavy atom. The molecule has 0 spiro atoms. The highest BCUT2D eigenvalue weighted by atomic mass is 16.5. The van der Waals surface area contributed by atoms with E-state index in [1.54, 1.807) is 4.57 Å². The van der Waals surface area contributed by atoms with E-state index < -0.39 is 0 Å². The van der Waals surface area contributed by atoms with Gasteiger partial charge in [0.1, 0.15) is 0 Å². The van der Waals surface area contributed by atoms with Crippen LogP contribution in [0, 0.1) is 0 Å². The van der Waals surface area contributed by atoms with Gasteiger partial charge < -0.3 is 14.8 Å². The molecule has 8 nitrogen and oxygen atoms in total. The van der Waals surface area contributed by atoms with Crippen LogP contribution in [0.2, 0.25) is 0 Å². The number of aromatic amines is 1. The van der Waals surface area contributed by atoms with E-state index in [0.717, 1.165) is 16.6 Å². The van der Waals surface area contributed by atoms with Gasteiger partial charge in [-0.3, -0.25) is 9.36 Å². The maximum absolute atomic E-state index is 12.0. The number of nitrogens with one attached hydrogen (secondary N) is 2. The number of aryl methyl sites for hydroxylation is 1. The molecule has 2 aromatic heterocycles. The second-order valence-corrected chi connectivity index (χ2v) is 6.36. The lowest BCUT2D eigenvalue weighted by Gasteiger charge is -2.02. The van der Waals surface area contributed by atoms with E-state index in [1.807, 2.05) is 55.5 Å². The van der Waals surface area contributed by atoms with E-state index in [2.05, 4.69) is 20.4 Å². The largest absolute Gasteiger partial charge is 0.347 e. The number of carbonyl (C=O) groups is 1. The zero-order valence-electron chi connectivity index (χ0n) is 15.3. The van der Waals surface area contributed by atoms with Crippen LogP contribution in [-0.4, -0.2) is 25.6 Å². The minimum atomic E-state index is -0.149. The number of H-pyrrole nitrogens is 1. The van der Waals surface area contributed by atoms with Crippen molar-refractivity contribution >= 4 is 16.9 Å². The first-order valence-corrected chi connectivity index (χ1v) is 9.00. The van der Waals surface area contributed by atoms with Gasteiger partial charge >= 0.3 is 5.69 Å². The molecule has 0 atom stereocenters. The van der Waals surface area contributed by atoms with Crippen LogP contribution in [0.4, 0.5) is 0 Å². The van der Waals surface area contributed by atoms with Crippen molar-refractivity contribution in [3.05, 3.63) is 70.5 Å². The first kappa shape index (κ1) is 17.7. The third-order valence-electron chi connectivity index (χ3n) is 4.46. The van der Waals surface area contributed by atoms with E-state index in [1.165, 1.54) is 0 Å². The van der Waals surface area contributed by atoms with Crippen LogP contribution in [-0.2, 0) is 24.3 Å². The summed E-state index contributed by atoms with van der Waals surface area (Å²) in [5, 5.41) is 6.74. The molecular formula is C20H19N5O3. The molecule has 2 heterocycles. The second-order valence-electron chi connectivity index (χ2n) is 6.36. The predicted molar refractivity (Wildman–Crippen MR) is 104 cm³/mol. The lowest BCUT2D eigenvalue weighted by atomic mass is 10.1. The summed E-state index contributed by atoms with van der Waals surface area (Å²) in [5.74, 6) is 0.598. The van der Waals surface area contributed by atoms with Gasteiger partial charge in [-0.25, -0.2) is 4.79 Å². The highest BCUT2D eigenvalue weighted by Crippen LogP contribution is 2.20. The molecule has 0 radical (unpaired) electrons. The fraction of sp³-hybridized carbons (Fsp3) is 0.200. The van der Waals surface area contributed by atoms with Crippen LogP contribution >= 0.6 is 0 Å². The van der Waals surface area contributed by atoms with Crippen LogP contribution < -0.4 is 11.0 Å². The van der Waals surface area contributed by atoms with Crippen LogP contribution in [0.1, 0.15) is 18.4 Å². The highest BCUT2D eigenvalue weighted by molar-refractivity contribution is 5.80. The summed E-state index contributed by atoms with van der Waals surface area (Å²) in [4.78, 5) is 31.1. The number of amides is 1. The topological polar surface area (TPSA) is 106 Å². The lowest BCUT2D eigenvalue weighted by Crippen LogP contribution is -2.24. The van der Waals surface area contributed by atoms with E-state index in [9.17, 15) is 9.59 Å². The molecule has 0 aliphatic heterocycles. The molecule has 2 N–H and O–H groups in total. The monoisotopic (exact) mass is 377 g/mol. The molecule has 0 saturated heterocycles. The second kappa shape index (κ2) is 7.51. The Morgan fingerprint density at radius 3 is 2.82 bits per heavy atom. The van der Waals surface area contributed by atoms with Crippen LogP contribution in [0.5, 0.6) is 0 Å². The molecular weight excluding hydrogens is 358 g/mol. The quantitative estimate of drug-likeness (QED) is 0.536. The van der Waals surface area contributed by atoms with Crippen molar-refractivity contribution < 1.29 is 9.32 Å². The zero-order chi connectivity index (χ0) is 19.5. The van der Waals surface area contributed by atoms with Crippen molar-refractivity contribution in [1.82, 2.24) is 25.0 Å². The fourth-order valence-electron chi connectivity index (χ4n) is 3.08. The molecule has 0 aliphatic carbocycles. The van der Waals surface area contributed by atoms with Crippen molar-refractivity contribution in [2.45, 2.75) is 26.4 Å². The zero-order valence-corrected chi connectivity index (χ0v) is 15.3. The van der Waals surface area contributed by atoms with E-state index in [0.29, 0.717) is 30.2 Å². The molecule has 28 heavy (non-hydrogen) atoms. The average molecular weight is 377 g/mol. The maximum atomic E-state index is 12.0. The number of carbonyl (C=O) groups excluding carboxylic acids is 1. The van der Waals surface area contributed by atoms with Crippen molar-refractivity contribution in [1.29, 1.82) is 0 Å². The maximum Gasteiger partial charge on any atom is 0.326 e. The first-order valence-electron chi connectivity index (χ1n) is 9.00. The Hall–Kier alpha value is -3.68. The normalized spacial score (nSPS) is 11.0. The fourth-order valence-corrected chi connectivity index (χ4v) is 3.08. The summed E-state index contributed by atoms with van der Waals surface area (Å²) in [6.07, 6.45) is 0.292. The standard InChI is InChI=1S/C20H19N5O3/c1-2-25-16-9-8-14(11-15(16)22-20(25)27)19-23-18(28-24-19)12-21-17(26)10-13-6-4-3-5-7-13/h3-9,11H,2,10,12H2,1H3,(H,21,26)(H,22,27). The molecule has 8 heteroatoms. The van der Waals surface area contributed by atoms with Gasteiger partial charge in [-0.2, -0.15) is 4.98 Å². The molecule has 2 aromatic carbocycles. The summed E-state index contributed by atoms with van der Waals surface area (Å²) in [6, 6.07) is 15.0. The molecule has 0 bridgehead atoms. The van der Waals surface area contributed by atoms with Crippen molar-refractivity contribution in [3.8, 4) is 11.4 Å². The van der Waals surface area contributed by atoms with Gasteiger partial charge in [0, 0.05) is 12.1 Å². The summed E-state index contributed by atoms with van der Waals surface area (Å²) in [6.45, 7) is 2.66. The highest BCUT2D eigenvalue weighted by Gasteiger charge is 2.12. The summed E-state index contributed by atoms with van der Waals surface area (Å²) >= 11 is 0. The summed E-state index contributed by atoms with van der Waals surface area (Å²) in [5.41, 5.74) is 3.06. The minimum absolute atomic E-state index is 0.120. The summed E-state index contributed by atoms with van der Waals surface area (Å²) < 4.78 is 6.88. The Labute approximate surface area is 160 Å². The number of imidazole rings is 1. The predicted octanol–water partition coefficient (Wildman–Crippen LogP) is 2.26. The van der Waals surface area contributed by atoms with Crippen molar-refractivity contribution in [3.63, 3.8) is 0 Å². The number of hydrogen-bond acceptors (Lipinski definition) is 5.